The molecule has 0 saturated heterocycles. The van der Waals surface area contributed by atoms with E-state index in [4.69, 9.17) is 11.6 Å². The molecule has 0 bridgehead atoms. The maximum absolute atomic E-state index is 11.0. The number of hydrogen-bond acceptors (Lipinski definition) is 3. The molecule has 0 saturated carbocycles. The topological polar surface area (TPSA) is 55.2 Å². The number of nitrogens with one attached hydrogen (secondary N) is 1. The van der Waals surface area contributed by atoms with Crippen molar-refractivity contribution in [2.45, 2.75) is 0 Å². The van der Waals surface area contributed by atoms with Crippen LogP contribution in [-0.4, -0.2) is 4.92 Å². The standard InChI is InChI=1S/C12H7Br2ClN2O2/c13-7-1-3-9(15)11(5-7)16-10-4-2-8(14)6-12(10)17(18)19/h1-6,16H. The van der Waals surface area contributed by atoms with E-state index in [9.17, 15) is 10.1 Å². The van der Waals surface area contributed by atoms with Crippen LogP contribution in [0.25, 0.3) is 0 Å². The van der Waals surface area contributed by atoms with E-state index >= 15 is 0 Å². The Bertz CT molecular complexity index is 650. The average molecular weight is 406 g/mol. The second kappa shape index (κ2) is 5.90. The van der Waals surface area contributed by atoms with Crippen LogP contribution in [0.4, 0.5) is 17.1 Å². The number of benzene rings is 2. The number of nitro benzene ring substituents is 1. The van der Waals surface area contributed by atoms with E-state index in [-0.39, 0.29) is 5.69 Å². The van der Waals surface area contributed by atoms with Crippen molar-refractivity contribution in [2.24, 2.45) is 0 Å². The van der Waals surface area contributed by atoms with Gasteiger partial charge in [-0.05, 0) is 30.3 Å². The molecule has 98 valence electrons. The molecule has 19 heavy (non-hydrogen) atoms. The van der Waals surface area contributed by atoms with Crippen molar-refractivity contribution < 1.29 is 4.92 Å². The quantitative estimate of drug-likeness (QED) is 0.540. The molecule has 0 atom stereocenters. The predicted octanol–water partition coefficient (Wildman–Crippen LogP) is 5.52. The highest BCUT2D eigenvalue weighted by Gasteiger charge is 2.15. The van der Waals surface area contributed by atoms with Gasteiger partial charge in [0.25, 0.3) is 5.69 Å². The summed E-state index contributed by atoms with van der Waals surface area (Å²) >= 11 is 12.6. The lowest BCUT2D eigenvalue weighted by molar-refractivity contribution is -0.384. The van der Waals surface area contributed by atoms with Crippen molar-refractivity contribution in [3.05, 3.63) is 60.5 Å². The maximum Gasteiger partial charge on any atom is 0.293 e. The summed E-state index contributed by atoms with van der Waals surface area (Å²) in [4.78, 5) is 10.6. The van der Waals surface area contributed by atoms with Gasteiger partial charge in [-0.1, -0.05) is 43.5 Å². The molecule has 0 aliphatic carbocycles. The molecule has 0 aromatic heterocycles. The van der Waals surface area contributed by atoms with Gasteiger partial charge in [-0.2, -0.15) is 0 Å². The Morgan fingerprint density at radius 2 is 1.68 bits per heavy atom. The molecule has 0 spiro atoms. The smallest absolute Gasteiger partial charge is 0.293 e. The van der Waals surface area contributed by atoms with Crippen LogP contribution >= 0.6 is 43.5 Å². The Morgan fingerprint density at radius 3 is 2.37 bits per heavy atom. The van der Waals surface area contributed by atoms with Crippen molar-refractivity contribution in [3.63, 3.8) is 0 Å². The Kier molecular flexibility index (Phi) is 4.44. The summed E-state index contributed by atoms with van der Waals surface area (Å²) < 4.78 is 1.48. The zero-order valence-electron chi connectivity index (χ0n) is 9.36. The van der Waals surface area contributed by atoms with Gasteiger partial charge in [0.2, 0.25) is 0 Å². The van der Waals surface area contributed by atoms with Gasteiger partial charge < -0.3 is 5.32 Å². The molecule has 2 rings (SSSR count). The number of nitrogens with zero attached hydrogens (tertiary/aromatic N) is 1. The highest BCUT2D eigenvalue weighted by molar-refractivity contribution is 9.10. The zero-order chi connectivity index (χ0) is 14.0. The van der Waals surface area contributed by atoms with Gasteiger partial charge in [0.15, 0.2) is 0 Å². The maximum atomic E-state index is 11.0. The molecule has 0 radical (unpaired) electrons. The summed E-state index contributed by atoms with van der Waals surface area (Å²) in [5.74, 6) is 0. The van der Waals surface area contributed by atoms with E-state index < -0.39 is 4.92 Å². The zero-order valence-corrected chi connectivity index (χ0v) is 13.3. The van der Waals surface area contributed by atoms with Crippen LogP contribution in [0.5, 0.6) is 0 Å². The van der Waals surface area contributed by atoms with Gasteiger partial charge in [-0.15, -0.1) is 0 Å². The first-order valence-electron chi connectivity index (χ1n) is 5.13. The minimum absolute atomic E-state index is 0.0228. The largest absolute Gasteiger partial charge is 0.349 e. The lowest BCUT2D eigenvalue weighted by Gasteiger charge is -2.09. The predicted molar refractivity (Wildman–Crippen MR) is 83.2 cm³/mol. The first-order valence-corrected chi connectivity index (χ1v) is 7.10. The van der Waals surface area contributed by atoms with Gasteiger partial charge in [-0.3, -0.25) is 10.1 Å². The van der Waals surface area contributed by atoms with Gasteiger partial charge >= 0.3 is 0 Å². The molecule has 0 amide bonds. The molecule has 2 aromatic rings. The minimum Gasteiger partial charge on any atom is -0.349 e. The molecule has 0 aliphatic rings. The third-order valence-corrected chi connectivity index (χ3v) is 3.67. The summed E-state index contributed by atoms with van der Waals surface area (Å²) in [5, 5.41) is 14.5. The molecule has 0 heterocycles. The van der Waals surface area contributed by atoms with E-state index in [1.54, 1.807) is 30.3 Å². The van der Waals surface area contributed by atoms with Crippen LogP contribution in [0.1, 0.15) is 0 Å². The van der Waals surface area contributed by atoms with Crippen LogP contribution in [-0.2, 0) is 0 Å². The number of rotatable bonds is 3. The molecule has 2 aromatic carbocycles. The van der Waals surface area contributed by atoms with Gasteiger partial charge in [0, 0.05) is 15.0 Å². The second-order valence-corrected chi connectivity index (χ2v) is 5.91. The lowest BCUT2D eigenvalue weighted by Crippen LogP contribution is -1.97. The molecule has 1 N–H and O–H groups in total. The number of anilines is 2. The number of nitro groups is 1. The normalized spacial score (nSPS) is 10.3. The minimum atomic E-state index is -0.445. The SMILES string of the molecule is O=[N+]([O-])c1cc(Br)ccc1Nc1cc(Br)ccc1Cl. The first kappa shape index (κ1) is 14.3. The van der Waals surface area contributed by atoms with Gasteiger partial charge in [-0.25, -0.2) is 0 Å². The summed E-state index contributed by atoms with van der Waals surface area (Å²) in [7, 11) is 0. The third kappa shape index (κ3) is 3.46. The van der Waals surface area contributed by atoms with Crippen LogP contribution in [0.3, 0.4) is 0 Å². The van der Waals surface area contributed by atoms with E-state index in [0.29, 0.717) is 20.9 Å². The lowest BCUT2D eigenvalue weighted by atomic mass is 10.2. The molecule has 0 unspecified atom stereocenters. The van der Waals surface area contributed by atoms with Gasteiger partial charge in [0.1, 0.15) is 5.69 Å². The van der Waals surface area contributed by atoms with E-state index in [0.717, 1.165) is 4.47 Å². The summed E-state index contributed by atoms with van der Waals surface area (Å²) in [5.41, 5.74) is 0.958. The van der Waals surface area contributed by atoms with Crippen molar-refractivity contribution in [3.8, 4) is 0 Å². The third-order valence-electron chi connectivity index (χ3n) is 2.35. The fourth-order valence-electron chi connectivity index (χ4n) is 1.50. The Balaban J connectivity index is 2.43. The molecule has 0 fully saturated rings. The second-order valence-electron chi connectivity index (χ2n) is 3.67. The van der Waals surface area contributed by atoms with Crippen molar-refractivity contribution in [1.29, 1.82) is 0 Å². The summed E-state index contributed by atoms with van der Waals surface area (Å²) in [6.07, 6.45) is 0. The molecule has 7 heteroatoms. The van der Waals surface area contributed by atoms with Crippen molar-refractivity contribution in [1.82, 2.24) is 0 Å². The number of halogens is 3. The van der Waals surface area contributed by atoms with Crippen molar-refractivity contribution in [2.75, 3.05) is 5.32 Å². The summed E-state index contributed by atoms with van der Waals surface area (Å²) in [6.45, 7) is 0. The van der Waals surface area contributed by atoms with E-state index in [1.807, 2.05) is 0 Å². The van der Waals surface area contributed by atoms with Crippen LogP contribution in [0, 0.1) is 10.1 Å². The summed E-state index contributed by atoms with van der Waals surface area (Å²) in [6, 6.07) is 10.0. The monoisotopic (exact) mass is 404 g/mol. The molecule has 4 nitrogen and oxygen atoms in total. The Labute approximate surface area is 131 Å². The molecular weight excluding hydrogens is 399 g/mol. The fraction of sp³-hybridized carbons (Fsp3) is 0. The van der Waals surface area contributed by atoms with Crippen LogP contribution < -0.4 is 5.32 Å². The fourth-order valence-corrected chi connectivity index (χ4v) is 2.37. The Morgan fingerprint density at radius 1 is 1.05 bits per heavy atom. The van der Waals surface area contributed by atoms with Gasteiger partial charge in [0.05, 0.1) is 15.6 Å². The van der Waals surface area contributed by atoms with Crippen LogP contribution in [0.2, 0.25) is 5.02 Å². The Hall–Kier alpha value is -1.11. The highest BCUT2D eigenvalue weighted by atomic mass is 79.9. The number of hydrogen-bond donors (Lipinski definition) is 1. The average Bonchev–Trinajstić information content (AvgIpc) is 2.35. The highest BCUT2D eigenvalue weighted by Crippen LogP contribution is 2.34. The molecular formula is C12H7Br2ClN2O2. The first-order chi connectivity index (χ1) is 8.97. The molecule has 0 aliphatic heterocycles. The van der Waals surface area contributed by atoms with Crippen LogP contribution in [0.15, 0.2) is 45.3 Å². The van der Waals surface area contributed by atoms with E-state index in [2.05, 4.69) is 37.2 Å². The van der Waals surface area contributed by atoms with Crippen molar-refractivity contribution >= 4 is 60.5 Å². The van der Waals surface area contributed by atoms with E-state index in [1.165, 1.54) is 6.07 Å².